The molecule has 0 spiro atoms. The van der Waals surface area contributed by atoms with Gasteiger partial charge in [0.15, 0.2) is 0 Å². The van der Waals surface area contributed by atoms with E-state index in [1.165, 1.54) is 22.4 Å². The highest BCUT2D eigenvalue weighted by atomic mass is 15.1. The Morgan fingerprint density at radius 1 is 0.658 bits per heavy atom. The first kappa shape index (κ1) is 24.0. The lowest BCUT2D eigenvalue weighted by molar-refractivity contribution is 0.480. The number of aromatic nitrogens is 2. The van der Waals surface area contributed by atoms with E-state index in [-0.39, 0.29) is 0 Å². The van der Waals surface area contributed by atoms with Gasteiger partial charge < -0.3 is 9.88 Å². The summed E-state index contributed by atoms with van der Waals surface area (Å²) < 4.78 is 0. The quantitative estimate of drug-likeness (QED) is 0.234. The molecule has 2 heterocycles. The average Bonchev–Trinajstić information content (AvgIpc) is 3.48. The van der Waals surface area contributed by atoms with E-state index in [2.05, 4.69) is 150 Å². The van der Waals surface area contributed by atoms with Gasteiger partial charge in [-0.3, -0.25) is 0 Å². The fourth-order valence-electron chi connectivity index (χ4n) is 5.81. The van der Waals surface area contributed by atoms with Gasteiger partial charge >= 0.3 is 0 Å². The number of hydrogen-bond acceptors (Lipinski definition) is 2. The Kier molecular flexibility index (Phi) is 6.91. The number of para-hydroxylation sites is 1. The van der Waals surface area contributed by atoms with E-state index in [9.17, 15) is 0 Å². The second kappa shape index (κ2) is 10.9. The second-order valence-corrected chi connectivity index (χ2v) is 10.0. The summed E-state index contributed by atoms with van der Waals surface area (Å²) in [7, 11) is 0. The van der Waals surface area contributed by atoms with E-state index in [0.29, 0.717) is 5.92 Å². The van der Waals surface area contributed by atoms with Crippen molar-refractivity contribution in [3.05, 3.63) is 162 Å². The van der Waals surface area contributed by atoms with Crippen LogP contribution in [0.4, 0.5) is 5.69 Å². The fourth-order valence-corrected chi connectivity index (χ4v) is 5.81. The topological polar surface area (TPSA) is 31.9 Å². The van der Waals surface area contributed by atoms with E-state index < -0.39 is 5.41 Å². The van der Waals surface area contributed by atoms with Gasteiger partial charge in [-0.25, -0.2) is 4.98 Å². The van der Waals surface area contributed by atoms with Crippen molar-refractivity contribution in [2.45, 2.75) is 18.3 Å². The third-order valence-corrected chi connectivity index (χ3v) is 7.77. The SMILES string of the molecule is C(=CC1CCN(c2ccccc2)CC1)c1c[nH]c(C(c2ccccc2)(c2ccccc2)c2ccccc2)n1. The van der Waals surface area contributed by atoms with E-state index in [0.717, 1.165) is 37.4 Å². The maximum absolute atomic E-state index is 5.21. The molecule has 188 valence electrons. The summed E-state index contributed by atoms with van der Waals surface area (Å²) in [4.78, 5) is 11.3. The van der Waals surface area contributed by atoms with Gasteiger partial charge in [-0.1, -0.05) is 115 Å². The van der Waals surface area contributed by atoms with E-state index >= 15 is 0 Å². The molecular weight excluding hydrogens is 462 g/mol. The number of nitrogens with zero attached hydrogens (tertiary/aromatic N) is 2. The fraction of sp³-hybridized carbons (Fsp3) is 0.171. The first-order chi connectivity index (χ1) is 18.8. The van der Waals surface area contributed by atoms with Gasteiger partial charge in [0, 0.05) is 25.0 Å². The standard InChI is InChI=1S/C35H33N3/c1-5-13-29(14-6-1)35(30-15-7-2-8-16-30,31-17-9-3-10-18-31)34-36-27-32(37-34)22-21-28-23-25-38(26-24-28)33-19-11-4-12-20-33/h1-22,27-28H,23-26H2,(H,36,37). The van der Waals surface area contributed by atoms with Gasteiger partial charge in [-0.05, 0) is 53.7 Å². The molecule has 0 bridgehead atoms. The number of allylic oxidation sites excluding steroid dienone is 1. The van der Waals surface area contributed by atoms with Crippen LogP contribution in [0, 0.1) is 5.92 Å². The van der Waals surface area contributed by atoms with Crippen molar-refractivity contribution in [1.82, 2.24) is 9.97 Å². The number of anilines is 1. The highest BCUT2D eigenvalue weighted by Crippen LogP contribution is 2.43. The molecule has 1 aliphatic heterocycles. The van der Waals surface area contributed by atoms with Gasteiger partial charge in [0.25, 0.3) is 0 Å². The minimum atomic E-state index is -0.545. The van der Waals surface area contributed by atoms with Crippen LogP contribution in [0.5, 0.6) is 0 Å². The van der Waals surface area contributed by atoms with E-state index in [4.69, 9.17) is 4.98 Å². The highest BCUT2D eigenvalue weighted by Gasteiger charge is 2.40. The Labute approximate surface area is 225 Å². The van der Waals surface area contributed by atoms with Crippen molar-refractivity contribution in [2.24, 2.45) is 5.92 Å². The molecule has 6 rings (SSSR count). The number of nitrogens with one attached hydrogen (secondary N) is 1. The van der Waals surface area contributed by atoms with Crippen LogP contribution in [0.1, 0.15) is 41.1 Å². The Bertz CT molecular complexity index is 1350. The van der Waals surface area contributed by atoms with Gasteiger partial charge in [-0.15, -0.1) is 0 Å². The maximum Gasteiger partial charge on any atom is 0.126 e. The molecule has 0 aliphatic carbocycles. The molecule has 1 aromatic heterocycles. The molecule has 0 amide bonds. The maximum atomic E-state index is 5.21. The number of piperidine rings is 1. The Morgan fingerprint density at radius 3 is 1.63 bits per heavy atom. The summed E-state index contributed by atoms with van der Waals surface area (Å²) in [5.41, 5.74) is 5.32. The number of hydrogen-bond donors (Lipinski definition) is 1. The van der Waals surface area contributed by atoms with Crippen molar-refractivity contribution in [1.29, 1.82) is 0 Å². The molecule has 3 heteroatoms. The molecule has 38 heavy (non-hydrogen) atoms. The van der Waals surface area contributed by atoms with Crippen LogP contribution in [0.15, 0.2) is 134 Å². The molecule has 1 fully saturated rings. The zero-order valence-electron chi connectivity index (χ0n) is 21.6. The molecule has 5 aromatic rings. The first-order valence-electron chi connectivity index (χ1n) is 13.5. The minimum absolute atomic E-state index is 0.545. The molecule has 0 unspecified atom stereocenters. The zero-order chi connectivity index (χ0) is 25.6. The van der Waals surface area contributed by atoms with Crippen molar-refractivity contribution in [3.63, 3.8) is 0 Å². The summed E-state index contributed by atoms with van der Waals surface area (Å²) in [5.74, 6) is 1.50. The molecular formula is C35H33N3. The molecule has 0 radical (unpaired) electrons. The lowest BCUT2D eigenvalue weighted by Gasteiger charge is -2.34. The monoisotopic (exact) mass is 495 g/mol. The van der Waals surface area contributed by atoms with Crippen LogP contribution in [-0.2, 0) is 5.41 Å². The molecule has 1 saturated heterocycles. The van der Waals surface area contributed by atoms with Crippen LogP contribution in [0.2, 0.25) is 0 Å². The smallest absolute Gasteiger partial charge is 0.126 e. The van der Waals surface area contributed by atoms with Gasteiger partial charge in [-0.2, -0.15) is 0 Å². The number of benzene rings is 4. The number of aromatic amines is 1. The first-order valence-corrected chi connectivity index (χ1v) is 13.5. The third-order valence-electron chi connectivity index (χ3n) is 7.77. The number of rotatable bonds is 7. The summed E-state index contributed by atoms with van der Waals surface area (Å²) in [6, 6.07) is 42.9. The van der Waals surface area contributed by atoms with Crippen LogP contribution in [0.3, 0.4) is 0 Å². The predicted octanol–water partition coefficient (Wildman–Crippen LogP) is 7.72. The predicted molar refractivity (Wildman–Crippen MR) is 157 cm³/mol. The third kappa shape index (κ3) is 4.68. The van der Waals surface area contributed by atoms with Crippen molar-refractivity contribution in [2.75, 3.05) is 18.0 Å². The zero-order valence-corrected chi connectivity index (χ0v) is 21.6. The lowest BCUT2D eigenvalue weighted by atomic mass is 9.69. The Hall–Kier alpha value is -4.37. The van der Waals surface area contributed by atoms with E-state index in [1.54, 1.807) is 0 Å². The molecule has 4 aromatic carbocycles. The normalized spacial score (nSPS) is 14.7. The summed E-state index contributed by atoms with van der Waals surface area (Å²) in [6.45, 7) is 2.17. The Balaban J connectivity index is 1.32. The van der Waals surface area contributed by atoms with Crippen LogP contribution >= 0.6 is 0 Å². The van der Waals surface area contributed by atoms with E-state index in [1.807, 2.05) is 0 Å². The molecule has 3 nitrogen and oxygen atoms in total. The van der Waals surface area contributed by atoms with Crippen LogP contribution in [0.25, 0.3) is 6.08 Å². The molecule has 0 atom stereocenters. The van der Waals surface area contributed by atoms with Gasteiger partial charge in [0.1, 0.15) is 11.2 Å². The average molecular weight is 496 g/mol. The number of imidazole rings is 1. The summed E-state index contributed by atoms with van der Waals surface area (Å²) >= 11 is 0. The minimum Gasteiger partial charge on any atom is -0.371 e. The largest absolute Gasteiger partial charge is 0.371 e. The molecule has 0 saturated carbocycles. The number of H-pyrrole nitrogens is 1. The summed E-state index contributed by atoms with van der Waals surface area (Å²) in [6.07, 6.45) is 8.93. The summed E-state index contributed by atoms with van der Waals surface area (Å²) in [5, 5.41) is 0. The Morgan fingerprint density at radius 2 is 1.13 bits per heavy atom. The van der Waals surface area contributed by atoms with Gasteiger partial charge in [0.05, 0.1) is 5.69 Å². The van der Waals surface area contributed by atoms with Crippen molar-refractivity contribution < 1.29 is 0 Å². The molecule has 1 aliphatic rings. The van der Waals surface area contributed by atoms with Crippen LogP contribution in [-0.4, -0.2) is 23.1 Å². The van der Waals surface area contributed by atoms with Crippen LogP contribution < -0.4 is 4.90 Å². The lowest BCUT2D eigenvalue weighted by Crippen LogP contribution is -2.33. The molecule has 1 N–H and O–H groups in total. The van der Waals surface area contributed by atoms with Gasteiger partial charge in [0.2, 0.25) is 0 Å². The highest BCUT2D eigenvalue weighted by molar-refractivity contribution is 5.58. The van der Waals surface area contributed by atoms with Crippen molar-refractivity contribution >= 4 is 11.8 Å². The van der Waals surface area contributed by atoms with Crippen molar-refractivity contribution in [3.8, 4) is 0 Å². The second-order valence-electron chi connectivity index (χ2n) is 10.0.